The average Bonchev–Trinajstić information content (AvgIpc) is 3.09. The Morgan fingerprint density at radius 3 is 3.21 bits per heavy atom. The lowest BCUT2D eigenvalue weighted by molar-refractivity contribution is 0.270. The molecule has 8 heteroatoms. The van der Waals surface area contributed by atoms with E-state index in [4.69, 9.17) is 5.73 Å². The molecule has 0 amide bonds. The minimum absolute atomic E-state index is 0.154. The molecule has 3 N–H and O–H groups in total. The van der Waals surface area contributed by atoms with E-state index in [1.54, 1.807) is 0 Å². The number of aromatic amines is 1. The predicted octanol–water partition coefficient (Wildman–Crippen LogP) is 0.888. The van der Waals surface area contributed by atoms with Gasteiger partial charge in [0.1, 0.15) is 5.69 Å². The quantitative estimate of drug-likeness (QED) is 0.866. The summed E-state index contributed by atoms with van der Waals surface area (Å²) in [4.78, 5) is 6.69. The van der Waals surface area contributed by atoms with Gasteiger partial charge in [-0.3, -0.25) is 5.10 Å². The van der Waals surface area contributed by atoms with Gasteiger partial charge in [-0.2, -0.15) is 4.98 Å². The first-order chi connectivity index (χ1) is 9.20. The molecular weight excluding hydrogens is 262 g/mol. The zero-order chi connectivity index (χ0) is 13.3. The van der Waals surface area contributed by atoms with E-state index in [2.05, 4.69) is 36.6 Å². The normalized spacial score (nSPS) is 23.8. The molecule has 1 fully saturated rings. The number of nitrogens with one attached hydrogen (secondary N) is 1. The summed E-state index contributed by atoms with van der Waals surface area (Å²) in [5, 5.41) is 13.0. The second kappa shape index (κ2) is 4.86. The van der Waals surface area contributed by atoms with E-state index in [9.17, 15) is 0 Å². The minimum Gasteiger partial charge on any atom is -0.339 e. The van der Waals surface area contributed by atoms with E-state index < -0.39 is 0 Å². The van der Waals surface area contributed by atoms with Crippen molar-refractivity contribution >= 4 is 17.5 Å². The van der Waals surface area contributed by atoms with Gasteiger partial charge in [0, 0.05) is 18.5 Å². The number of aromatic nitrogens is 5. The third-order valence-electron chi connectivity index (χ3n) is 3.63. The van der Waals surface area contributed by atoms with Crippen molar-refractivity contribution in [2.45, 2.75) is 19.8 Å². The molecule has 0 spiro atoms. The summed E-state index contributed by atoms with van der Waals surface area (Å²) in [6.07, 6.45) is 2.28. The average molecular weight is 279 g/mol. The molecule has 3 heterocycles. The molecule has 1 aliphatic heterocycles. The van der Waals surface area contributed by atoms with Crippen LogP contribution in [0.2, 0.25) is 0 Å². The van der Waals surface area contributed by atoms with Gasteiger partial charge in [-0.15, -0.1) is 10.2 Å². The highest BCUT2D eigenvalue weighted by atomic mass is 32.1. The Hall–Kier alpha value is -1.54. The molecule has 0 bridgehead atoms. The topological polar surface area (TPSA) is 96.6 Å². The Labute approximate surface area is 115 Å². The van der Waals surface area contributed by atoms with Crippen LogP contribution in [0.5, 0.6) is 0 Å². The Balaban J connectivity index is 1.79. The minimum atomic E-state index is 0.154. The van der Waals surface area contributed by atoms with Crippen molar-refractivity contribution in [3.63, 3.8) is 0 Å². The number of nitrogens with zero attached hydrogens (tertiary/aromatic N) is 5. The Bertz CT molecular complexity index is 537. The van der Waals surface area contributed by atoms with Gasteiger partial charge >= 0.3 is 0 Å². The van der Waals surface area contributed by atoms with E-state index in [0.29, 0.717) is 12.4 Å². The fourth-order valence-corrected chi connectivity index (χ4v) is 2.87. The fraction of sp³-hybridized carbons (Fsp3) is 0.636. The van der Waals surface area contributed by atoms with Crippen LogP contribution < -0.4 is 10.6 Å². The zero-order valence-electron chi connectivity index (χ0n) is 10.8. The van der Waals surface area contributed by atoms with Crippen molar-refractivity contribution < 1.29 is 0 Å². The molecule has 0 aromatic carbocycles. The second-order valence-corrected chi connectivity index (χ2v) is 5.92. The summed E-state index contributed by atoms with van der Waals surface area (Å²) >= 11 is 1.30. The maximum absolute atomic E-state index is 5.87. The van der Waals surface area contributed by atoms with Crippen molar-refractivity contribution in [3.05, 3.63) is 5.38 Å². The van der Waals surface area contributed by atoms with Gasteiger partial charge in [-0.25, -0.2) is 0 Å². The van der Waals surface area contributed by atoms with Crippen molar-refractivity contribution in [1.29, 1.82) is 0 Å². The van der Waals surface area contributed by atoms with E-state index in [-0.39, 0.29) is 5.41 Å². The molecule has 1 aliphatic rings. The summed E-state index contributed by atoms with van der Waals surface area (Å²) in [6, 6.07) is 0. The van der Waals surface area contributed by atoms with Crippen LogP contribution in [0.15, 0.2) is 5.38 Å². The summed E-state index contributed by atoms with van der Waals surface area (Å²) in [5.74, 6) is 1.39. The summed E-state index contributed by atoms with van der Waals surface area (Å²) in [5.41, 5.74) is 6.76. The van der Waals surface area contributed by atoms with Gasteiger partial charge in [-0.05, 0) is 36.3 Å². The third kappa shape index (κ3) is 2.45. The van der Waals surface area contributed by atoms with E-state index in [0.717, 1.165) is 37.6 Å². The van der Waals surface area contributed by atoms with Crippen molar-refractivity contribution in [2.75, 3.05) is 24.5 Å². The first-order valence-corrected chi connectivity index (χ1v) is 7.19. The van der Waals surface area contributed by atoms with E-state index in [1.165, 1.54) is 11.5 Å². The number of hydrogen-bond acceptors (Lipinski definition) is 7. The lowest BCUT2D eigenvalue weighted by atomic mass is 9.82. The second-order valence-electron chi connectivity index (χ2n) is 5.31. The standard InChI is InChI=1S/C11H17N7S/c1-11(6-12)3-2-4-18(7-11)10-13-9(15-16-10)8-5-19-17-14-8/h5H,2-4,6-7,12H2,1H3,(H,13,15,16). The lowest BCUT2D eigenvalue weighted by Crippen LogP contribution is -2.46. The molecule has 0 radical (unpaired) electrons. The highest BCUT2D eigenvalue weighted by Crippen LogP contribution is 2.30. The summed E-state index contributed by atoms with van der Waals surface area (Å²) in [7, 11) is 0. The SMILES string of the molecule is CC1(CN)CCCN(c2n[nH]c(-c3csnn3)n2)C1. The fourth-order valence-electron chi connectivity index (χ4n) is 2.43. The van der Waals surface area contributed by atoms with Crippen molar-refractivity contribution in [3.8, 4) is 11.5 Å². The lowest BCUT2D eigenvalue weighted by Gasteiger charge is -2.39. The Kier molecular flexibility index (Phi) is 3.19. The van der Waals surface area contributed by atoms with Gasteiger partial charge in [0.2, 0.25) is 5.95 Å². The van der Waals surface area contributed by atoms with Crippen LogP contribution >= 0.6 is 11.5 Å². The smallest absolute Gasteiger partial charge is 0.245 e. The summed E-state index contributed by atoms with van der Waals surface area (Å²) in [6.45, 7) is 4.78. The number of hydrogen-bond donors (Lipinski definition) is 2. The molecule has 3 rings (SSSR count). The van der Waals surface area contributed by atoms with Gasteiger partial charge in [0.15, 0.2) is 5.82 Å². The van der Waals surface area contributed by atoms with Crippen LogP contribution in [0.3, 0.4) is 0 Å². The number of piperidine rings is 1. The van der Waals surface area contributed by atoms with Gasteiger partial charge < -0.3 is 10.6 Å². The number of anilines is 1. The highest BCUT2D eigenvalue weighted by molar-refractivity contribution is 7.03. The molecule has 7 nitrogen and oxygen atoms in total. The first kappa shape index (κ1) is 12.5. The highest BCUT2D eigenvalue weighted by Gasteiger charge is 2.31. The van der Waals surface area contributed by atoms with Crippen molar-refractivity contribution in [1.82, 2.24) is 24.8 Å². The molecule has 1 saturated heterocycles. The largest absolute Gasteiger partial charge is 0.339 e. The molecule has 1 atom stereocenters. The van der Waals surface area contributed by atoms with Crippen LogP contribution in [0.4, 0.5) is 5.95 Å². The molecule has 0 saturated carbocycles. The number of rotatable bonds is 3. The van der Waals surface area contributed by atoms with Crippen molar-refractivity contribution in [2.24, 2.45) is 11.1 Å². The predicted molar refractivity (Wildman–Crippen MR) is 73.9 cm³/mol. The zero-order valence-corrected chi connectivity index (χ0v) is 11.7. The maximum atomic E-state index is 5.87. The number of nitrogens with two attached hydrogens (primary N) is 1. The molecule has 2 aromatic heterocycles. The Morgan fingerprint density at radius 2 is 2.47 bits per heavy atom. The Morgan fingerprint density at radius 1 is 1.58 bits per heavy atom. The molecule has 0 aliphatic carbocycles. The molecule has 2 aromatic rings. The molecular formula is C11H17N7S. The van der Waals surface area contributed by atoms with Crippen LogP contribution in [-0.4, -0.2) is 44.4 Å². The van der Waals surface area contributed by atoms with Crippen LogP contribution in [0.1, 0.15) is 19.8 Å². The first-order valence-electron chi connectivity index (χ1n) is 6.35. The molecule has 102 valence electrons. The molecule has 1 unspecified atom stereocenters. The third-order valence-corrected chi connectivity index (χ3v) is 4.14. The van der Waals surface area contributed by atoms with E-state index >= 15 is 0 Å². The van der Waals surface area contributed by atoms with Gasteiger partial charge in [-0.1, -0.05) is 11.4 Å². The van der Waals surface area contributed by atoms with Crippen LogP contribution in [0, 0.1) is 5.41 Å². The van der Waals surface area contributed by atoms with Crippen LogP contribution in [0.25, 0.3) is 11.5 Å². The molecule has 19 heavy (non-hydrogen) atoms. The van der Waals surface area contributed by atoms with E-state index in [1.807, 2.05) is 5.38 Å². The maximum Gasteiger partial charge on any atom is 0.245 e. The number of H-pyrrole nitrogens is 1. The summed E-state index contributed by atoms with van der Waals surface area (Å²) < 4.78 is 3.83. The van der Waals surface area contributed by atoms with Gasteiger partial charge in [0.25, 0.3) is 0 Å². The van der Waals surface area contributed by atoms with Gasteiger partial charge in [0.05, 0.1) is 0 Å². The monoisotopic (exact) mass is 279 g/mol. The van der Waals surface area contributed by atoms with Crippen LogP contribution in [-0.2, 0) is 0 Å².